The molecule has 1 aromatic carbocycles. The maximum absolute atomic E-state index is 9.14. The van der Waals surface area contributed by atoms with Gasteiger partial charge < -0.3 is 20.0 Å². The Morgan fingerprint density at radius 3 is 1.63 bits per heavy atom. The van der Waals surface area contributed by atoms with Gasteiger partial charge in [0.1, 0.15) is 0 Å². The summed E-state index contributed by atoms with van der Waals surface area (Å²) in [5.74, 6) is 0. The molecule has 0 aromatic heterocycles. The quantitative estimate of drug-likeness (QED) is 0.751. The number of nitrogens with zero attached hydrogens (tertiary/aromatic N) is 2. The van der Waals surface area contributed by atoms with Crippen molar-refractivity contribution in [2.45, 2.75) is 20.8 Å². The number of hydrogen-bond donors (Lipinski definition) is 2. The average molecular weight is 266 g/mol. The molecule has 0 heterocycles. The number of rotatable bonds is 8. The highest BCUT2D eigenvalue weighted by Gasteiger charge is 2.13. The highest BCUT2D eigenvalue weighted by Crippen LogP contribution is 2.29. The molecule has 1 rings (SSSR count). The minimum Gasteiger partial charge on any atom is -0.395 e. The van der Waals surface area contributed by atoms with Crippen LogP contribution in [0.2, 0.25) is 0 Å². The molecule has 0 saturated carbocycles. The first-order chi connectivity index (χ1) is 9.19. The number of benzene rings is 1. The number of anilines is 2. The van der Waals surface area contributed by atoms with Crippen LogP contribution in [0.5, 0.6) is 0 Å². The molecule has 0 saturated heterocycles. The van der Waals surface area contributed by atoms with Crippen LogP contribution in [0.4, 0.5) is 11.4 Å². The predicted molar refractivity (Wildman–Crippen MR) is 81.1 cm³/mol. The van der Waals surface area contributed by atoms with E-state index in [4.69, 9.17) is 10.2 Å². The third-order valence-corrected chi connectivity index (χ3v) is 3.46. The van der Waals surface area contributed by atoms with Crippen molar-refractivity contribution in [3.05, 3.63) is 23.8 Å². The number of aliphatic hydroxyl groups is 2. The van der Waals surface area contributed by atoms with E-state index in [9.17, 15) is 0 Å². The van der Waals surface area contributed by atoms with E-state index in [0.29, 0.717) is 13.1 Å². The molecule has 0 spiro atoms. The number of aliphatic hydroxyl groups excluding tert-OH is 2. The zero-order valence-corrected chi connectivity index (χ0v) is 12.3. The normalized spacial score (nSPS) is 10.6. The Morgan fingerprint density at radius 1 is 0.895 bits per heavy atom. The summed E-state index contributed by atoms with van der Waals surface area (Å²) in [7, 11) is 0. The van der Waals surface area contributed by atoms with Gasteiger partial charge in [-0.1, -0.05) is 6.07 Å². The molecule has 0 amide bonds. The third kappa shape index (κ3) is 3.85. The zero-order chi connectivity index (χ0) is 14.3. The molecule has 0 unspecified atom stereocenters. The Hall–Kier alpha value is -1.26. The van der Waals surface area contributed by atoms with E-state index in [1.165, 1.54) is 5.56 Å². The molecule has 19 heavy (non-hydrogen) atoms. The summed E-state index contributed by atoms with van der Waals surface area (Å²) in [5.41, 5.74) is 3.52. The topological polar surface area (TPSA) is 46.9 Å². The number of hydrogen-bond acceptors (Lipinski definition) is 4. The molecule has 0 radical (unpaired) electrons. The van der Waals surface area contributed by atoms with Crippen LogP contribution in [0.3, 0.4) is 0 Å². The Labute approximate surface area is 116 Å². The van der Waals surface area contributed by atoms with Gasteiger partial charge in [-0.25, -0.2) is 0 Å². The largest absolute Gasteiger partial charge is 0.395 e. The zero-order valence-electron chi connectivity index (χ0n) is 12.3. The van der Waals surface area contributed by atoms with Crippen LogP contribution in [0, 0.1) is 6.92 Å². The summed E-state index contributed by atoms with van der Waals surface area (Å²) in [5, 5.41) is 18.3. The van der Waals surface area contributed by atoms with Crippen LogP contribution in [0.15, 0.2) is 18.2 Å². The standard InChI is InChI=1S/C15H26N2O2/c1-4-16(9-11-18)14-7-6-8-15(13(14)3)17(5-2)10-12-19/h6-8,18-19H,4-5,9-12H2,1-3H3. The fraction of sp³-hybridized carbons (Fsp3) is 0.600. The van der Waals surface area contributed by atoms with Crippen molar-refractivity contribution in [1.29, 1.82) is 0 Å². The summed E-state index contributed by atoms with van der Waals surface area (Å²) in [6.45, 7) is 9.63. The molecule has 4 heteroatoms. The van der Waals surface area contributed by atoms with Gasteiger partial charge in [0.05, 0.1) is 13.2 Å². The maximum Gasteiger partial charge on any atom is 0.0606 e. The van der Waals surface area contributed by atoms with E-state index < -0.39 is 0 Å². The summed E-state index contributed by atoms with van der Waals surface area (Å²) in [6, 6.07) is 6.22. The molecule has 0 atom stereocenters. The predicted octanol–water partition coefficient (Wildman–Crippen LogP) is 1.63. The van der Waals surface area contributed by atoms with E-state index in [2.05, 4.69) is 42.7 Å². The minimum atomic E-state index is 0.158. The van der Waals surface area contributed by atoms with Crippen molar-refractivity contribution in [1.82, 2.24) is 0 Å². The van der Waals surface area contributed by atoms with E-state index in [0.717, 1.165) is 24.5 Å². The van der Waals surface area contributed by atoms with Gasteiger partial charge in [0.15, 0.2) is 0 Å². The van der Waals surface area contributed by atoms with Gasteiger partial charge >= 0.3 is 0 Å². The van der Waals surface area contributed by atoms with E-state index in [1.54, 1.807) is 0 Å². The second-order valence-corrected chi connectivity index (χ2v) is 4.53. The first-order valence-electron chi connectivity index (χ1n) is 7.00. The second-order valence-electron chi connectivity index (χ2n) is 4.53. The van der Waals surface area contributed by atoms with Gasteiger partial charge in [-0.15, -0.1) is 0 Å². The second kappa shape index (κ2) is 8.02. The molecule has 2 N–H and O–H groups in total. The lowest BCUT2D eigenvalue weighted by atomic mass is 10.1. The van der Waals surface area contributed by atoms with Crippen LogP contribution in [0.25, 0.3) is 0 Å². The lowest BCUT2D eigenvalue weighted by Gasteiger charge is -2.29. The van der Waals surface area contributed by atoms with E-state index in [-0.39, 0.29) is 13.2 Å². The van der Waals surface area contributed by atoms with Gasteiger partial charge in [-0.05, 0) is 38.5 Å². The molecular formula is C15H26N2O2. The fourth-order valence-corrected chi connectivity index (χ4v) is 2.44. The molecule has 1 aromatic rings. The Morgan fingerprint density at radius 2 is 1.32 bits per heavy atom. The van der Waals surface area contributed by atoms with Crippen LogP contribution >= 0.6 is 0 Å². The number of likely N-dealkylation sites (N-methyl/N-ethyl adjacent to an activating group) is 2. The smallest absolute Gasteiger partial charge is 0.0606 e. The van der Waals surface area contributed by atoms with Crippen LogP contribution in [-0.2, 0) is 0 Å². The van der Waals surface area contributed by atoms with E-state index in [1.807, 2.05) is 6.07 Å². The van der Waals surface area contributed by atoms with Crippen LogP contribution in [-0.4, -0.2) is 49.6 Å². The summed E-state index contributed by atoms with van der Waals surface area (Å²) >= 11 is 0. The third-order valence-electron chi connectivity index (χ3n) is 3.46. The molecule has 0 fully saturated rings. The van der Waals surface area contributed by atoms with Crippen molar-refractivity contribution >= 4 is 11.4 Å². The Kier molecular flexibility index (Phi) is 6.67. The monoisotopic (exact) mass is 266 g/mol. The molecule has 0 aliphatic rings. The summed E-state index contributed by atoms with van der Waals surface area (Å²) < 4.78 is 0. The molecule has 4 nitrogen and oxygen atoms in total. The van der Waals surface area contributed by atoms with Crippen molar-refractivity contribution < 1.29 is 10.2 Å². The fourth-order valence-electron chi connectivity index (χ4n) is 2.44. The minimum absolute atomic E-state index is 0.158. The van der Waals surface area contributed by atoms with Gasteiger partial charge in [0.25, 0.3) is 0 Å². The lowest BCUT2D eigenvalue weighted by molar-refractivity contribution is 0.302. The lowest BCUT2D eigenvalue weighted by Crippen LogP contribution is -2.29. The highest BCUT2D eigenvalue weighted by atomic mass is 16.3. The van der Waals surface area contributed by atoms with Gasteiger partial charge in [0.2, 0.25) is 0 Å². The van der Waals surface area contributed by atoms with Crippen molar-refractivity contribution in [2.24, 2.45) is 0 Å². The molecule has 108 valence electrons. The van der Waals surface area contributed by atoms with Crippen molar-refractivity contribution in [2.75, 3.05) is 49.2 Å². The molecular weight excluding hydrogens is 240 g/mol. The molecule has 0 aliphatic carbocycles. The van der Waals surface area contributed by atoms with Crippen molar-refractivity contribution in [3.63, 3.8) is 0 Å². The Balaban J connectivity index is 3.08. The summed E-state index contributed by atoms with van der Waals surface area (Å²) in [4.78, 5) is 4.34. The average Bonchev–Trinajstić information content (AvgIpc) is 2.43. The SMILES string of the molecule is CCN(CCO)c1cccc(N(CC)CCO)c1C. The first-order valence-corrected chi connectivity index (χ1v) is 7.00. The van der Waals surface area contributed by atoms with E-state index >= 15 is 0 Å². The maximum atomic E-state index is 9.14. The highest BCUT2D eigenvalue weighted by molar-refractivity contribution is 5.67. The van der Waals surface area contributed by atoms with Gasteiger partial charge in [0, 0.05) is 37.6 Å². The van der Waals surface area contributed by atoms with Gasteiger partial charge in [-0.2, -0.15) is 0 Å². The molecule has 0 bridgehead atoms. The van der Waals surface area contributed by atoms with Crippen LogP contribution in [0.1, 0.15) is 19.4 Å². The summed E-state index contributed by atoms with van der Waals surface area (Å²) in [6.07, 6.45) is 0. The Bertz CT molecular complexity index is 350. The van der Waals surface area contributed by atoms with Crippen molar-refractivity contribution in [3.8, 4) is 0 Å². The van der Waals surface area contributed by atoms with Crippen LogP contribution < -0.4 is 9.80 Å². The first kappa shape index (κ1) is 15.8. The van der Waals surface area contributed by atoms with Gasteiger partial charge in [-0.3, -0.25) is 0 Å². The molecule has 0 aliphatic heterocycles.